The monoisotopic (exact) mass is 522 g/mol. The van der Waals surface area contributed by atoms with Gasteiger partial charge in [0.15, 0.2) is 5.82 Å². The summed E-state index contributed by atoms with van der Waals surface area (Å²) < 4.78 is 29.1. The number of anilines is 1. The Kier molecular flexibility index (Phi) is 7.02. The standard InChI is InChI=1S/C28H25ClF2N4O2/c1-16-3-2-4-24(22-13-17(7-11-33-22)19-8-10-32-15-23(19)34-28(16)37)35-12-9-18(14-25(35)36)26-21(30)6-5-20(29)27(26)31/h5-8,10-11,13-16,24H,2-4,9,12H2,1H3,(H,34,37). The van der Waals surface area contributed by atoms with Crippen molar-refractivity contribution < 1.29 is 18.4 Å². The number of nitrogens with zero attached hydrogens (tertiary/aromatic N) is 3. The molecule has 0 spiro atoms. The Morgan fingerprint density at radius 3 is 2.76 bits per heavy atom. The number of aromatic nitrogens is 2. The van der Waals surface area contributed by atoms with Crippen molar-refractivity contribution in [3.63, 3.8) is 0 Å². The van der Waals surface area contributed by atoms with Gasteiger partial charge in [0.05, 0.1) is 34.2 Å². The molecule has 0 saturated heterocycles. The highest BCUT2D eigenvalue weighted by atomic mass is 35.5. The van der Waals surface area contributed by atoms with Gasteiger partial charge in [0.25, 0.3) is 0 Å². The Morgan fingerprint density at radius 2 is 1.95 bits per heavy atom. The van der Waals surface area contributed by atoms with Crippen LogP contribution >= 0.6 is 11.6 Å². The SMILES string of the molecule is CC1CCCC(N2CCC(c3c(F)ccc(Cl)c3F)=CC2=O)c2cc(ccn2)-c2ccncc2NC1=O. The Morgan fingerprint density at radius 1 is 1.11 bits per heavy atom. The van der Waals surface area contributed by atoms with Crippen LogP contribution in [-0.4, -0.2) is 33.2 Å². The molecule has 2 unspecified atom stereocenters. The highest BCUT2D eigenvalue weighted by Crippen LogP contribution is 2.37. The largest absolute Gasteiger partial charge is 0.330 e. The maximum atomic E-state index is 14.6. The maximum Gasteiger partial charge on any atom is 0.247 e. The molecule has 1 aromatic carbocycles. The zero-order valence-electron chi connectivity index (χ0n) is 20.2. The lowest BCUT2D eigenvalue weighted by atomic mass is 9.93. The number of hydrogen-bond acceptors (Lipinski definition) is 4. The fraction of sp³-hybridized carbons (Fsp3) is 0.286. The van der Waals surface area contributed by atoms with Gasteiger partial charge in [0, 0.05) is 36.5 Å². The average molecular weight is 523 g/mol. The van der Waals surface area contributed by atoms with E-state index in [9.17, 15) is 18.4 Å². The molecule has 2 aromatic heterocycles. The Bertz CT molecular complexity index is 1410. The number of carbonyl (C=O) groups excluding carboxylic acids is 2. The van der Waals surface area contributed by atoms with E-state index >= 15 is 0 Å². The second kappa shape index (κ2) is 10.4. The number of benzene rings is 1. The summed E-state index contributed by atoms with van der Waals surface area (Å²) in [5.74, 6) is -2.30. The molecular formula is C28H25ClF2N4O2. The first-order valence-corrected chi connectivity index (χ1v) is 12.6. The minimum absolute atomic E-state index is 0.0900. The third kappa shape index (κ3) is 4.98. The van der Waals surface area contributed by atoms with Crippen LogP contribution in [0.1, 0.15) is 49.9 Å². The van der Waals surface area contributed by atoms with E-state index in [1.54, 1.807) is 23.5 Å². The molecule has 9 heteroatoms. The van der Waals surface area contributed by atoms with Crippen molar-refractivity contribution in [1.82, 2.24) is 14.9 Å². The predicted molar refractivity (Wildman–Crippen MR) is 138 cm³/mol. The Labute approximate surface area is 218 Å². The zero-order valence-corrected chi connectivity index (χ0v) is 20.9. The summed E-state index contributed by atoms with van der Waals surface area (Å²) in [6, 6.07) is 7.50. The van der Waals surface area contributed by atoms with E-state index in [0.717, 1.165) is 23.3 Å². The van der Waals surface area contributed by atoms with Gasteiger partial charge in [-0.15, -0.1) is 0 Å². The van der Waals surface area contributed by atoms with Gasteiger partial charge in [-0.3, -0.25) is 19.6 Å². The second-order valence-corrected chi connectivity index (χ2v) is 9.80. The van der Waals surface area contributed by atoms with Crippen molar-refractivity contribution >= 4 is 34.7 Å². The van der Waals surface area contributed by atoms with Gasteiger partial charge in [0.2, 0.25) is 11.8 Å². The predicted octanol–water partition coefficient (Wildman–Crippen LogP) is 6.19. The average Bonchev–Trinajstić information content (AvgIpc) is 2.89. The minimum atomic E-state index is -0.866. The van der Waals surface area contributed by atoms with E-state index in [2.05, 4.69) is 15.3 Å². The lowest BCUT2D eigenvalue weighted by molar-refractivity contribution is -0.129. The molecule has 2 amide bonds. The van der Waals surface area contributed by atoms with E-state index in [4.69, 9.17) is 11.6 Å². The molecule has 0 saturated carbocycles. The van der Waals surface area contributed by atoms with Gasteiger partial charge in [-0.2, -0.15) is 0 Å². The fourth-order valence-electron chi connectivity index (χ4n) is 4.99. The van der Waals surface area contributed by atoms with Crippen molar-refractivity contribution in [1.29, 1.82) is 0 Å². The highest BCUT2D eigenvalue weighted by molar-refractivity contribution is 6.31. The summed E-state index contributed by atoms with van der Waals surface area (Å²) in [5, 5.41) is 2.79. The van der Waals surface area contributed by atoms with Crippen LogP contribution in [-0.2, 0) is 9.59 Å². The fourth-order valence-corrected chi connectivity index (χ4v) is 5.15. The molecule has 3 aromatic rings. The van der Waals surface area contributed by atoms with Crippen LogP contribution in [0.3, 0.4) is 0 Å². The van der Waals surface area contributed by atoms with Gasteiger partial charge >= 0.3 is 0 Å². The summed E-state index contributed by atoms with van der Waals surface area (Å²) in [4.78, 5) is 36.6. The van der Waals surface area contributed by atoms with Crippen molar-refractivity contribution in [3.8, 4) is 11.1 Å². The maximum absolute atomic E-state index is 14.6. The van der Waals surface area contributed by atoms with Gasteiger partial charge in [0.1, 0.15) is 5.82 Å². The molecule has 0 radical (unpaired) electrons. The molecule has 0 aliphatic carbocycles. The molecule has 2 aliphatic rings. The van der Waals surface area contributed by atoms with Crippen molar-refractivity contribution in [2.75, 3.05) is 11.9 Å². The lowest BCUT2D eigenvalue weighted by Gasteiger charge is -2.34. The molecule has 0 fully saturated rings. The first-order chi connectivity index (χ1) is 17.8. The van der Waals surface area contributed by atoms with E-state index in [0.29, 0.717) is 30.6 Å². The first-order valence-electron chi connectivity index (χ1n) is 12.2. The van der Waals surface area contributed by atoms with Crippen LogP contribution in [0.15, 0.2) is 55.0 Å². The number of nitrogens with one attached hydrogen (secondary N) is 1. The Balaban J connectivity index is 1.52. The number of rotatable bonds is 2. The molecule has 5 rings (SSSR count). The summed E-state index contributed by atoms with van der Waals surface area (Å²) in [5.41, 5.74) is 2.98. The van der Waals surface area contributed by atoms with Crippen LogP contribution in [0, 0.1) is 17.6 Å². The van der Waals surface area contributed by atoms with E-state index in [1.165, 1.54) is 6.08 Å². The van der Waals surface area contributed by atoms with Gasteiger partial charge < -0.3 is 10.2 Å². The highest BCUT2D eigenvalue weighted by Gasteiger charge is 2.31. The van der Waals surface area contributed by atoms with Crippen molar-refractivity contribution in [2.24, 2.45) is 5.92 Å². The third-order valence-electron chi connectivity index (χ3n) is 7.02. The molecule has 37 heavy (non-hydrogen) atoms. The number of hydrogen-bond donors (Lipinski definition) is 1. The quantitative estimate of drug-likeness (QED) is 0.407. The van der Waals surface area contributed by atoms with Crippen LogP contribution < -0.4 is 5.32 Å². The number of halogens is 3. The smallest absolute Gasteiger partial charge is 0.247 e. The van der Waals surface area contributed by atoms with E-state index in [-0.39, 0.29) is 52.9 Å². The molecule has 2 bridgehead atoms. The van der Waals surface area contributed by atoms with Crippen LogP contribution in [0.4, 0.5) is 14.5 Å². The third-order valence-corrected chi connectivity index (χ3v) is 7.31. The Hall–Kier alpha value is -3.65. The summed E-state index contributed by atoms with van der Waals surface area (Å²) in [6.07, 6.45) is 8.42. The molecule has 2 aliphatic heterocycles. The van der Waals surface area contributed by atoms with Gasteiger partial charge in [-0.25, -0.2) is 8.78 Å². The number of amides is 2. The van der Waals surface area contributed by atoms with Crippen LogP contribution in [0.5, 0.6) is 0 Å². The van der Waals surface area contributed by atoms with Gasteiger partial charge in [-0.05, 0) is 60.7 Å². The zero-order chi connectivity index (χ0) is 26.1. The van der Waals surface area contributed by atoms with Gasteiger partial charge in [-0.1, -0.05) is 24.9 Å². The molecule has 190 valence electrons. The molecule has 4 heterocycles. The number of pyridine rings is 2. The van der Waals surface area contributed by atoms with Crippen molar-refractivity contribution in [3.05, 3.63) is 82.9 Å². The number of carbonyl (C=O) groups is 2. The number of fused-ring (bicyclic) bond motifs is 4. The van der Waals surface area contributed by atoms with E-state index in [1.807, 2.05) is 25.1 Å². The van der Waals surface area contributed by atoms with Crippen molar-refractivity contribution in [2.45, 2.75) is 38.6 Å². The lowest BCUT2D eigenvalue weighted by Crippen LogP contribution is -2.38. The summed E-state index contributed by atoms with van der Waals surface area (Å²) >= 11 is 5.87. The topological polar surface area (TPSA) is 75.2 Å². The summed E-state index contributed by atoms with van der Waals surface area (Å²) in [6.45, 7) is 2.14. The molecular weight excluding hydrogens is 498 g/mol. The molecule has 1 N–H and O–H groups in total. The van der Waals surface area contributed by atoms with Crippen LogP contribution in [0.2, 0.25) is 5.02 Å². The second-order valence-electron chi connectivity index (χ2n) is 9.40. The van der Waals surface area contributed by atoms with E-state index < -0.39 is 11.6 Å². The first kappa shape index (κ1) is 25.0. The normalized spacial score (nSPS) is 20.3. The summed E-state index contributed by atoms with van der Waals surface area (Å²) in [7, 11) is 0. The minimum Gasteiger partial charge on any atom is -0.330 e. The van der Waals surface area contributed by atoms with Crippen LogP contribution in [0.25, 0.3) is 16.7 Å². The molecule has 2 atom stereocenters. The molecule has 6 nitrogen and oxygen atoms in total.